The third-order valence-corrected chi connectivity index (χ3v) is 5.56. The second-order valence-electron chi connectivity index (χ2n) is 6.56. The molecule has 0 aliphatic heterocycles. The van der Waals surface area contributed by atoms with E-state index >= 15 is 0 Å². The zero-order valence-corrected chi connectivity index (χ0v) is 16.6. The van der Waals surface area contributed by atoms with Crippen LogP contribution in [-0.4, -0.2) is 27.8 Å². The Bertz CT molecular complexity index is 1040. The number of benzene rings is 1. The first kappa shape index (κ1) is 19.0. The molecule has 7 nitrogen and oxygen atoms in total. The van der Waals surface area contributed by atoms with Gasteiger partial charge in [0.15, 0.2) is 5.52 Å². The van der Waals surface area contributed by atoms with E-state index in [-0.39, 0.29) is 23.9 Å². The maximum absolute atomic E-state index is 12.7. The Hall–Kier alpha value is -2.74. The number of thiazole rings is 1. The lowest BCUT2D eigenvalue weighted by Gasteiger charge is -2.08. The molecule has 0 fully saturated rings. The van der Waals surface area contributed by atoms with Crippen molar-refractivity contribution in [1.29, 1.82) is 0 Å². The van der Waals surface area contributed by atoms with Gasteiger partial charge in [0.25, 0.3) is 5.56 Å². The van der Waals surface area contributed by atoms with Crippen LogP contribution in [-0.2, 0) is 17.9 Å². The molecule has 142 valence electrons. The molecule has 0 saturated heterocycles. The van der Waals surface area contributed by atoms with Gasteiger partial charge in [-0.3, -0.25) is 9.59 Å². The number of hydrogen-bond donors (Lipinski definition) is 1. The van der Waals surface area contributed by atoms with Crippen LogP contribution in [0.25, 0.3) is 10.2 Å². The van der Waals surface area contributed by atoms with Crippen LogP contribution in [0.15, 0.2) is 29.1 Å². The highest BCUT2D eigenvalue weighted by Crippen LogP contribution is 2.26. The van der Waals surface area contributed by atoms with E-state index in [9.17, 15) is 9.59 Å². The van der Waals surface area contributed by atoms with E-state index in [1.807, 2.05) is 45.0 Å². The summed E-state index contributed by atoms with van der Waals surface area (Å²) in [5.74, 6) is 0.677. The van der Waals surface area contributed by atoms with Gasteiger partial charge in [-0.1, -0.05) is 26.0 Å². The average Bonchev–Trinajstić information content (AvgIpc) is 3.11. The molecule has 0 aliphatic carbocycles. The number of nitrogens with zero attached hydrogens (tertiary/aromatic N) is 3. The van der Waals surface area contributed by atoms with E-state index in [4.69, 9.17) is 4.74 Å². The number of ether oxygens (including phenoxy) is 1. The molecule has 0 atom stereocenters. The lowest BCUT2D eigenvalue weighted by molar-refractivity contribution is -0.122. The molecule has 27 heavy (non-hydrogen) atoms. The number of aryl methyl sites for hydroxylation is 1. The number of hydrogen-bond acceptors (Lipinski definition) is 6. The van der Waals surface area contributed by atoms with Crippen LogP contribution in [0.3, 0.4) is 0 Å². The monoisotopic (exact) mass is 386 g/mol. The van der Waals surface area contributed by atoms with Gasteiger partial charge in [-0.25, -0.2) is 9.67 Å². The number of rotatable bonds is 6. The molecule has 1 amide bonds. The minimum atomic E-state index is -0.338. The molecule has 0 radical (unpaired) electrons. The minimum Gasteiger partial charge on any atom is -0.497 e. The number of amides is 1. The fourth-order valence-electron chi connectivity index (χ4n) is 2.65. The summed E-state index contributed by atoms with van der Waals surface area (Å²) in [4.78, 5) is 29.4. The minimum absolute atomic E-state index is 0.145. The van der Waals surface area contributed by atoms with Gasteiger partial charge in [0, 0.05) is 12.5 Å². The predicted octanol–water partition coefficient (Wildman–Crippen LogP) is 2.61. The maximum Gasteiger partial charge on any atom is 0.294 e. The predicted molar refractivity (Wildman–Crippen MR) is 105 cm³/mol. The highest BCUT2D eigenvalue weighted by atomic mass is 32.1. The van der Waals surface area contributed by atoms with Crippen molar-refractivity contribution in [3.63, 3.8) is 0 Å². The summed E-state index contributed by atoms with van der Waals surface area (Å²) in [7, 11) is 1.59. The summed E-state index contributed by atoms with van der Waals surface area (Å²) in [5, 5.41) is 7.99. The Labute approximate surface area is 161 Å². The molecule has 0 aliphatic rings. The van der Waals surface area contributed by atoms with Crippen LogP contribution in [0.5, 0.6) is 5.75 Å². The molecular formula is C19H22N4O3S. The quantitative estimate of drug-likeness (QED) is 0.704. The van der Waals surface area contributed by atoms with Crippen molar-refractivity contribution >= 4 is 27.5 Å². The van der Waals surface area contributed by atoms with Crippen molar-refractivity contribution in [2.75, 3.05) is 7.11 Å². The Morgan fingerprint density at radius 2 is 2.15 bits per heavy atom. The molecule has 3 aromatic rings. The first-order chi connectivity index (χ1) is 12.9. The summed E-state index contributed by atoms with van der Waals surface area (Å²) >= 11 is 1.49. The van der Waals surface area contributed by atoms with Crippen LogP contribution in [0, 0.1) is 6.92 Å². The van der Waals surface area contributed by atoms with Gasteiger partial charge >= 0.3 is 0 Å². The molecular weight excluding hydrogens is 364 g/mol. The van der Waals surface area contributed by atoms with Gasteiger partial charge in [0.05, 0.1) is 22.5 Å². The first-order valence-electron chi connectivity index (χ1n) is 8.66. The van der Waals surface area contributed by atoms with Crippen LogP contribution < -0.4 is 15.6 Å². The molecule has 0 saturated carbocycles. The molecule has 1 aromatic carbocycles. The van der Waals surface area contributed by atoms with Crippen molar-refractivity contribution in [2.24, 2.45) is 0 Å². The second-order valence-corrected chi connectivity index (χ2v) is 7.59. The second kappa shape index (κ2) is 7.87. The molecule has 0 bridgehead atoms. The summed E-state index contributed by atoms with van der Waals surface area (Å²) < 4.78 is 7.14. The van der Waals surface area contributed by atoms with Crippen molar-refractivity contribution in [3.05, 3.63) is 50.9 Å². The van der Waals surface area contributed by atoms with Crippen molar-refractivity contribution in [2.45, 2.75) is 39.8 Å². The Kier molecular flexibility index (Phi) is 5.55. The molecule has 2 aromatic heterocycles. The van der Waals surface area contributed by atoms with Crippen LogP contribution in [0.4, 0.5) is 0 Å². The smallest absolute Gasteiger partial charge is 0.294 e. The van der Waals surface area contributed by atoms with E-state index in [0.29, 0.717) is 17.8 Å². The molecule has 1 N–H and O–H groups in total. The van der Waals surface area contributed by atoms with Gasteiger partial charge in [-0.05, 0) is 24.6 Å². The van der Waals surface area contributed by atoms with Crippen molar-refractivity contribution in [3.8, 4) is 5.75 Å². The number of nitrogens with one attached hydrogen (secondary N) is 1. The van der Waals surface area contributed by atoms with Crippen LogP contribution >= 0.6 is 11.3 Å². The van der Waals surface area contributed by atoms with E-state index in [0.717, 1.165) is 21.0 Å². The lowest BCUT2D eigenvalue weighted by Crippen LogP contribution is -2.33. The molecule has 0 unspecified atom stereocenters. The van der Waals surface area contributed by atoms with Gasteiger partial charge < -0.3 is 10.1 Å². The van der Waals surface area contributed by atoms with E-state index in [2.05, 4.69) is 15.4 Å². The molecule has 8 heteroatoms. The lowest BCUT2D eigenvalue weighted by atomic mass is 10.2. The van der Waals surface area contributed by atoms with E-state index in [1.165, 1.54) is 16.0 Å². The normalized spacial score (nSPS) is 11.1. The van der Waals surface area contributed by atoms with Gasteiger partial charge in [-0.2, -0.15) is 5.10 Å². The fraction of sp³-hybridized carbons (Fsp3) is 0.368. The number of aromatic nitrogens is 3. The highest BCUT2D eigenvalue weighted by Gasteiger charge is 2.16. The summed E-state index contributed by atoms with van der Waals surface area (Å²) in [6, 6.07) is 7.44. The number of carbonyl (C=O) groups excluding carboxylic acids is 1. The van der Waals surface area contributed by atoms with Crippen LogP contribution in [0.1, 0.15) is 36.0 Å². The number of methoxy groups -OCH3 is 1. The summed E-state index contributed by atoms with van der Waals surface area (Å²) in [5.41, 5.74) is 1.66. The molecule has 3 rings (SSSR count). The van der Waals surface area contributed by atoms with Gasteiger partial charge in [0.1, 0.15) is 12.3 Å². The number of carbonyl (C=O) groups is 1. The Balaban J connectivity index is 1.76. The third kappa shape index (κ3) is 4.16. The Morgan fingerprint density at radius 3 is 2.85 bits per heavy atom. The first-order valence-corrected chi connectivity index (χ1v) is 9.48. The van der Waals surface area contributed by atoms with Gasteiger partial charge in [0.2, 0.25) is 5.91 Å². The standard InChI is InChI=1S/C19H22N4O3S/c1-11(2)18-21-16-17(27-18)12(3)22-23(19(16)25)10-15(24)20-9-13-6-5-7-14(8-13)26-4/h5-8,11H,9-10H2,1-4H3,(H,20,24). The Morgan fingerprint density at radius 1 is 1.37 bits per heavy atom. The molecule has 0 spiro atoms. The van der Waals surface area contributed by atoms with Crippen LogP contribution in [0.2, 0.25) is 0 Å². The van der Waals surface area contributed by atoms with Crippen molar-refractivity contribution < 1.29 is 9.53 Å². The SMILES string of the molecule is COc1cccc(CNC(=O)Cn2nc(C)c3sc(C(C)C)nc3c2=O)c1. The largest absolute Gasteiger partial charge is 0.497 e. The zero-order chi connectivity index (χ0) is 19.6. The topological polar surface area (TPSA) is 86.1 Å². The fourth-order valence-corrected chi connectivity index (χ4v) is 3.65. The highest BCUT2D eigenvalue weighted by molar-refractivity contribution is 7.18. The maximum atomic E-state index is 12.7. The zero-order valence-electron chi connectivity index (χ0n) is 15.8. The third-order valence-electron chi connectivity index (χ3n) is 4.09. The number of fused-ring (bicyclic) bond motifs is 1. The average molecular weight is 386 g/mol. The van der Waals surface area contributed by atoms with Crippen molar-refractivity contribution in [1.82, 2.24) is 20.1 Å². The summed E-state index contributed by atoms with van der Waals surface area (Å²) in [6.45, 7) is 6.10. The van der Waals surface area contributed by atoms with E-state index < -0.39 is 0 Å². The molecule has 2 heterocycles. The van der Waals surface area contributed by atoms with Gasteiger partial charge in [-0.15, -0.1) is 11.3 Å². The van der Waals surface area contributed by atoms with E-state index in [1.54, 1.807) is 7.11 Å². The summed E-state index contributed by atoms with van der Waals surface area (Å²) in [6.07, 6.45) is 0.